The predicted molar refractivity (Wildman–Crippen MR) is 115 cm³/mol. The van der Waals surface area contributed by atoms with Crippen LogP contribution in [-0.2, 0) is 26.1 Å². The highest BCUT2D eigenvalue weighted by molar-refractivity contribution is 7.89. The first-order valence-corrected chi connectivity index (χ1v) is 11.2. The zero-order valence-electron chi connectivity index (χ0n) is 18.4. The monoisotopic (exact) mass is 448 g/mol. The van der Waals surface area contributed by atoms with E-state index < -0.39 is 27.8 Å². The number of amides is 2. The van der Waals surface area contributed by atoms with Crippen molar-refractivity contribution in [3.8, 4) is 0 Å². The number of nitrogens with zero attached hydrogens (tertiary/aromatic N) is 2. The van der Waals surface area contributed by atoms with E-state index in [4.69, 9.17) is 9.47 Å². The van der Waals surface area contributed by atoms with Crippen molar-refractivity contribution in [2.45, 2.75) is 51.7 Å². The molecule has 0 atom stereocenters. The molecule has 0 heterocycles. The first-order chi connectivity index (χ1) is 14.5. The van der Waals surface area contributed by atoms with Crippen LogP contribution in [0.3, 0.4) is 0 Å². The second kappa shape index (κ2) is 9.82. The lowest BCUT2D eigenvalue weighted by atomic mass is 10.2. The Hall–Kier alpha value is -3.07. The maximum absolute atomic E-state index is 13.3. The van der Waals surface area contributed by atoms with Crippen LogP contribution in [0.25, 0.3) is 0 Å². The lowest BCUT2D eigenvalue weighted by Gasteiger charge is -2.33. The summed E-state index contributed by atoms with van der Waals surface area (Å²) in [4.78, 5) is 25.5. The van der Waals surface area contributed by atoms with E-state index in [-0.39, 0.29) is 18.0 Å². The van der Waals surface area contributed by atoms with Crippen LogP contribution in [-0.4, -0.2) is 42.2 Å². The molecule has 2 aromatic carbocycles. The van der Waals surface area contributed by atoms with E-state index in [1.165, 1.54) is 19.1 Å². The fourth-order valence-electron chi connectivity index (χ4n) is 2.56. The van der Waals surface area contributed by atoms with Gasteiger partial charge >= 0.3 is 12.2 Å². The van der Waals surface area contributed by atoms with Crippen LogP contribution in [0.4, 0.5) is 9.59 Å². The van der Waals surface area contributed by atoms with E-state index in [1.54, 1.807) is 64.1 Å². The molecular weight excluding hydrogens is 420 g/mol. The highest BCUT2D eigenvalue weighted by Gasteiger charge is 2.40. The molecule has 0 saturated heterocycles. The molecule has 8 nitrogen and oxygen atoms in total. The molecule has 31 heavy (non-hydrogen) atoms. The van der Waals surface area contributed by atoms with Crippen molar-refractivity contribution in [2.75, 3.05) is 6.54 Å². The molecule has 2 amide bonds. The summed E-state index contributed by atoms with van der Waals surface area (Å²) in [5.41, 5.74) is 0.584. The smallest absolute Gasteiger partial charge is 0.443 e. The normalized spacial score (nSPS) is 11.5. The lowest BCUT2D eigenvalue weighted by Crippen LogP contribution is -2.54. The minimum absolute atomic E-state index is 0.0804. The maximum Gasteiger partial charge on any atom is 0.444 e. The Bertz CT molecular complexity index is 999. The van der Waals surface area contributed by atoms with Gasteiger partial charge in [0.15, 0.2) is 0 Å². The molecule has 0 fully saturated rings. The fourth-order valence-corrected chi connectivity index (χ4v) is 3.92. The molecule has 2 rings (SSSR count). The molecule has 2 aromatic rings. The Morgan fingerprint density at radius 2 is 1.52 bits per heavy atom. The van der Waals surface area contributed by atoms with Gasteiger partial charge in [-0.3, -0.25) is 0 Å². The fraction of sp³-hybridized carbons (Fsp3) is 0.364. The number of carbonyl (C=O) groups is 2. The molecule has 0 aliphatic rings. The SMILES string of the molecule is CCN(C(=O)OCc1ccccc1)N(C(=O)OC(C)(C)C)S(=O)(=O)c1ccc(C)cc1. The van der Waals surface area contributed by atoms with Crippen LogP contribution >= 0.6 is 0 Å². The number of hydrogen-bond donors (Lipinski definition) is 0. The van der Waals surface area contributed by atoms with Gasteiger partial charge < -0.3 is 9.47 Å². The molecule has 0 spiro atoms. The Kier molecular flexibility index (Phi) is 7.67. The summed E-state index contributed by atoms with van der Waals surface area (Å²) in [5.74, 6) is 0. The Morgan fingerprint density at radius 1 is 0.935 bits per heavy atom. The highest BCUT2D eigenvalue weighted by Crippen LogP contribution is 2.23. The summed E-state index contributed by atoms with van der Waals surface area (Å²) in [5, 5.41) is 0.714. The topological polar surface area (TPSA) is 93.2 Å². The Balaban J connectivity index is 2.40. The molecule has 9 heteroatoms. The van der Waals surface area contributed by atoms with Crippen LogP contribution < -0.4 is 0 Å². The van der Waals surface area contributed by atoms with Gasteiger partial charge in [-0.05, 0) is 52.3 Å². The minimum Gasteiger partial charge on any atom is -0.443 e. The second-order valence-corrected chi connectivity index (χ2v) is 9.56. The third kappa shape index (κ3) is 6.45. The summed E-state index contributed by atoms with van der Waals surface area (Å²) < 4.78 is 37.5. The van der Waals surface area contributed by atoms with Crippen LogP contribution in [0, 0.1) is 6.92 Å². The molecule has 0 aliphatic heterocycles. The van der Waals surface area contributed by atoms with E-state index >= 15 is 0 Å². The van der Waals surface area contributed by atoms with Gasteiger partial charge in [0.25, 0.3) is 10.0 Å². The van der Waals surface area contributed by atoms with Crippen LogP contribution in [0.5, 0.6) is 0 Å². The van der Waals surface area contributed by atoms with Gasteiger partial charge in [0.05, 0.1) is 4.90 Å². The van der Waals surface area contributed by atoms with Crippen molar-refractivity contribution in [3.63, 3.8) is 0 Å². The predicted octanol–water partition coefficient (Wildman–Crippen LogP) is 4.49. The summed E-state index contributed by atoms with van der Waals surface area (Å²) in [7, 11) is -4.44. The second-order valence-electron chi connectivity index (χ2n) is 7.80. The van der Waals surface area contributed by atoms with Gasteiger partial charge in [0.2, 0.25) is 0 Å². The van der Waals surface area contributed by atoms with Gasteiger partial charge in [-0.15, -0.1) is 0 Å². The molecule has 0 aliphatic carbocycles. The zero-order valence-corrected chi connectivity index (χ0v) is 19.2. The minimum atomic E-state index is -4.44. The number of hydrazine groups is 1. The van der Waals surface area contributed by atoms with Crippen molar-refractivity contribution in [2.24, 2.45) is 0 Å². The van der Waals surface area contributed by atoms with Crippen molar-refractivity contribution in [1.82, 2.24) is 9.42 Å². The first-order valence-electron chi connectivity index (χ1n) is 9.79. The van der Waals surface area contributed by atoms with Crippen molar-refractivity contribution < 1.29 is 27.5 Å². The van der Waals surface area contributed by atoms with E-state index in [0.717, 1.165) is 11.1 Å². The lowest BCUT2D eigenvalue weighted by molar-refractivity contribution is -0.0101. The summed E-state index contributed by atoms with van der Waals surface area (Å²) in [6.07, 6.45) is -2.19. The molecule has 0 N–H and O–H groups in total. The third-order valence-corrected chi connectivity index (χ3v) is 5.70. The highest BCUT2D eigenvalue weighted by atomic mass is 32.2. The molecule has 0 unspecified atom stereocenters. The Morgan fingerprint density at radius 3 is 2.03 bits per heavy atom. The molecule has 168 valence electrons. The molecule has 0 aromatic heterocycles. The molecular formula is C22H28N2O6S. The Labute approximate surface area is 183 Å². The largest absolute Gasteiger partial charge is 0.444 e. The number of rotatable bonds is 5. The van der Waals surface area contributed by atoms with Gasteiger partial charge in [0.1, 0.15) is 12.2 Å². The number of sulfonamides is 1. The van der Waals surface area contributed by atoms with Crippen molar-refractivity contribution in [1.29, 1.82) is 0 Å². The van der Waals surface area contributed by atoms with E-state index in [0.29, 0.717) is 9.42 Å². The molecule has 0 bridgehead atoms. The van der Waals surface area contributed by atoms with E-state index in [1.807, 2.05) is 6.07 Å². The van der Waals surface area contributed by atoms with Crippen LogP contribution in [0.15, 0.2) is 59.5 Å². The molecule has 0 saturated carbocycles. The van der Waals surface area contributed by atoms with Gasteiger partial charge in [0, 0.05) is 6.54 Å². The number of benzene rings is 2. The third-order valence-electron chi connectivity index (χ3n) is 4.03. The summed E-state index contributed by atoms with van der Waals surface area (Å²) in [6, 6.07) is 14.9. The summed E-state index contributed by atoms with van der Waals surface area (Å²) in [6.45, 7) is 7.93. The van der Waals surface area contributed by atoms with Crippen molar-refractivity contribution in [3.05, 3.63) is 65.7 Å². The summed E-state index contributed by atoms with van der Waals surface area (Å²) >= 11 is 0. The average molecular weight is 449 g/mol. The van der Waals surface area contributed by atoms with Crippen LogP contribution in [0.2, 0.25) is 0 Å². The van der Waals surface area contributed by atoms with Gasteiger partial charge in [-0.25, -0.2) is 9.59 Å². The number of aryl methyl sites for hydroxylation is 1. The molecule has 0 radical (unpaired) electrons. The van der Waals surface area contributed by atoms with Crippen LogP contribution in [0.1, 0.15) is 38.8 Å². The number of ether oxygens (including phenoxy) is 2. The number of carbonyl (C=O) groups excluding carboxylic acids is 2. The van der Waals surface area contributed by atoms with Gasteiger partial charge in [-0.1, -0.05) is 52.4 Å². The van der Waals surface area contributed by atoms with Gasteiger partial charge in [-0.2, -0.15) is 13.4 Å². The first kappa shape index (κ1) is 24.2. The maximum atomic E-state index is 13.3. The van der Waals surface area contributed by atoms with Crippen molar-refractivity contribution >= 4 is 22.2 Å². The van der Waals surface area contributed by atoms with E-state index in [9.17, 15) is 18.0 Å². The average Bonchev–Trinajstić information content (AvgIpc) is 2.69. The standard InChI is InChI=1S/C22H28N2O6S/c1-6-23(20(25)29-16-18-10-8-7-9-11-18)24(21(26)30-22(3,4)5)31(27,28)19-14-12-17(2)13-15-19/h7-15H,6,16H2,1-5H3. The zero-order chi connectivity index (χ0) is 23.2. The number of hydrogen-bond acceptors (Lipinski definition) is 6. The quantitative estimate of drug-likeness (QED) is 0.626. The van der Waals surface area contributed by atoms with E-state index in [2.05, 4.69) is 0 Å².